The van der Waals surface area contributed by atoms with E-state index in [1.807, 2.05) is 24.3 Å². The van der Waals surface area contributed by atoms with E-state index < -0.39 is 0 Å². The monoisotopic (exact) mass is 275 g/mol. The van der Waals surface area contributed by atoms with Gasteiger partial charge in [0.2, 0.25) is 0 Å². The van der Waals surface area contributed by atoms with Gasteiger partial charge in [0.05, 0.1) is 0 Å². The van der Waals surface area contributed by atoms with Gasteiger partial charge in [-0.25, -0.2) is 0 Å². The molecule has 1 amide bonds. The normalized spacial score (nSPS) is 17.1. The van der Waals surface area contributed by atoms with Gasteiger partial charge in [-0.3, -0.25) is 9.69 Å². The van der Waals surface area contributed by atoms with Gasteiger partial charge in [0.1, 0.15) is 0 Å². The Morgan fingerprint density at radius 3 is 2.85 bits per heavy atom. The maximum atomic E-state index is 12.2. The summed E-state index contributed by atoms with van der Waals surface area (Å²) in [6, 6.07) is 8.13. The molecule has 1 aliphatic heterocycles. The van der Waals surface area contributed by atoms with Crippen LogP contribution in [-0.4, -0.2) is 43.0 Å². The van der Waals surface area contributed by atoms with Gasteiger partial charge in [-0.05, 0) is 63.5 Å². The van der Waals surface area contributed by atoms with Gasteiger partial charge in [-0.15, -0.1) is 0 Å². The van der Waals surface area contributed by atoms with E-state index in [0.717, 1.165) is 30.6 Å². The number of carbonyl (C=O) groups is 1. The zero-order valence-electron chi connectivity index (χ0n) is 12.3. The first-order chi connectivity index (χ1) is 9.70. The Kier molecular flexibility index (Phi) is 5.56. The van der Waals surface area contributed by atoms with Gasteiger partial charge < -0.3 is 11.1 Å². The molecule has 110 valence electrons. The zero-order chi connectivity index (χ0) is 14.4. The first kappa shape index (κ1) is 15.0. The van der Waals surface area contributed by atoms with Crippen molar-refractivity contribution in [3.05, 3.63) is 35.4 Å². The molecule has 0 aromatic heterocycles. The second kappa shape index (κ2) is 7.41. The van der Waals surface area contributed by atoms with Crippen LogP contribution in [0.25, 0.3) is 0 Å². The standard InChI is InChI=1S/C16H25N3O/c1-13(19-9-2-3-10-19)12-18-16(20)15-6-4-5-14(11-15)7-8-17/h4-6,11,13H,2-3,7-10,12,17H2,1H3,(H,18,20). The summed E-state index contributed by atoms with van der Waals surface area (Å²) in [5, 5.41) is 3.03. The van der Waals surface area contributed by atoms with Crippen molar-refractivity contribution in [2.24, 2.45) is 5.73 Å². The van der Waals surface area contributed by atoms with E-state index in [9.17, 15) is 4.79 Å². The summed E-state index contributed by atoms with van der Waals surface area (Å²) in [5.41, 5.74) is 7.39. The van der Waals surface area contributed by atoms with E-state index in [1.54, 1.807) is 0 Å². The number of hydrogen-bond acceptors (Lipinski definition) is 3. The molecule has 0 radical (unpaired) electrons. The lowest BCUT2D eigenvalue weighted by atomic mass is 10.1. The van der Waals surface area contributed by atoms with Crippen molar-refractivity contribution in [1.82, 2.24) is 10.2 Å². The van der Waals surface area contributed by atoms with Gasteiger partial charge in [-0.2, -0.15) is 0 Å². The van der Waals surface area contributed by atoms with Crippen LogP contribution in [-0.2, 0) is 6.42 Å². The molecule has 0 bridgehead atoms. The highest BCUT2D eigenvalue weighted by atomic mass is 16.1. The number of benzene rings is 1. The Labute approximate surface area is 121 Å². The molecule has 1 aromatic carbocycles. The van der Waals surface area contributed by atoms with Gasteiger partial charge >= 0.3 is 0 Å². The lowest BCUT2D eigenvalue weighted by Crippen LogP contribution is -2.40. The lowest BCUT2D eigenvalue weighted by Gasteiger charge is -2.23. The van der Waals surface area contributed by atoms with E-state index in [0.29, 0.717) is 19.1 Å². The number of hydrogen-bond donors (Lipinski definition) is 2. The van der Waals surface area contributed by atoms with Gasteiger partial charge in [0.15, 0.2) is 0 Å². The highest BCUT2D eigenvalue weighted by molar-refractivity contribution is 5.94. The summed E-state index contributed by atoms with van der Waals surface area (Å²) in [6.45, 7) is 5.81. The summed E-state index contributed by atoms with van der Waals surface area (Å²) in [7, 11) is 0. The number of likely N-dealkylation sites (tertiary alicyclic amines) is 1. The molecule has 0 spiro atoms. The fourth-order valence-electron chi connectivity index (χ4n) is 2.69. The number of carbonyl (C=O) groups excluding carboxylic acids is 1. The second-order valence-corrected chi connectivity index (χ2v) is 5.54. The van der Waals surface area contributed by atoms with Crippen LogP contribution < -0.4 is 11.1 Å². The minimum Gasteiger partial charge on any atom is -0.350 e. The largest absolute Gasteiger partial charge is 0.350 e. The van der Waals surface area contributed by atoms with E-state index in [1.165, 1.54) is 12.8 Å². The molecule has 0 saturated carbocycles. The first-order valence-corrected chi connectivity index (χ1v) is 7.52. The van der Waals surface area contributed by atoms with E-state index >= 15 is 0 Å². The third-order valence-electron chi connectivity index (χ3n) is 3.94. The Hall–Kier alpha value is -1.39. The molecule has 1 atom stereocenters. The number of nitrogens with two attached hydrogens (primary N) is 1. The van der Waals surface area contributed by atoms with Crippen LogP contribution in [0.15, 0.2) is 24.3 Å². The molecule has 1 heterocycles. The molecular formula is C16H25N3O. The number of rotatable bonds is 6. The van der Waals surface area contributed by atoms with E-state index in [2.05, 4.69) is 17.1 Å². The highest BCUT2D eigenvalue weighted by Gasteiger charge is 2.18. The SMILES string of the molecule is CC(CNC(=O)c1cccc(CCN)c1)N1CCCC1. The summed E-state index contributed by atoms with van der Waals surface area (Å²) in [4.78, 5) is 14.6. The van der Waals surface area contributed by atoms with E-state index in [4.69, 9.17) is 5.73 Å². The predicted molar refractivity (Wildman–Crippen MR) is 81.8 cm³/mol. The van der Waals surface area contributed by atoms with Crippen LogP contribution in [0.4, 0.5) is 0 Å². The number of nitrogens with one attached hydrogen (secondary N) is 1. The molecule has 4 nitrogen and oxygen atoms in total. The molecule has 1 saturated heterocycles. The fraction of sp³-hybridized carbons (Fsp3) is 0.562. The zero-order valence-corrected chi connectivity index (χ0v) is 12.3. The molecule has 1 aliphatic rings. The van der Waals surface area contributed by atoms with Crippen molar-refractivity contribution < 1.29 is 4.79 Å². The van der Waals surface area contributed by atoms with Crippen LogP contribution >= 0.6 is 0 Å². The van der Waals surface area contributed by atoms with Crippen molar-refractivity contribution in [3.8, 4) is 0 Å². The molecule has 2 rings (SSSR count). The Morgan fingerprint density at radius 2 is 2.15 bits per heavy atom. The van der Waals surface area contributed by atoms with Crippen LogP contribution in [0.1, 0.15) is 35.7 Å². The smallest absolute Gasteiger partial charge is 0.251 e. The van der Waals surface area contributed by atoms with Crippen LogP contribution in [0.2, 0.25) is 0 Å². The van der Waals surface area contributed by atoms with Gasteiger partial charge in [-0.1, -0.05) is 12.1 Å². The van der Waals surface area contributed by atoms with Crippen molar-refractivity contribution in [3.63, 3.8) is 0 Å². The summed E-state index contributed by atoms with van der Waals surface area (Å²) in [5.74, 6) is 0.00918. The van der Waals surface area contributed by atoms with Crippen LogP contribution in [0, 0.1) is 0 Å². The fourth-order valence-corrected chi connectivity index (χ4v) is 2.69. The molecular weight excluding hydrogens is 250 g/mol. The third kappa shape index (κ3) is 4.05. The summed E-state index contributed by atoms with van der Waals surface area (Å²) < 4.78 is 0. The quantitative estimate of drug-likeness (QED) is 0.825. The summed E-state index contributed by atoms with van der Waals surface area (Å²) >= 11 is 0. The minimum absolute atomic E-state index is 0.00918. The molecule has 1 fully saturated rings. The van der Waals surface area contributed by atoms with Crippen molar-refractivity contribution >= 4 is 5.91 Å². The Balaban J connectivity index is 1.86. The topological polar surface area (TPSA) is 58.4 Å². The maximum Gasteiger partial charge on any atom is 0.251 e. The maximum absolute atomic E-state index is 12.2. The molecule has 4 heteroatoms. The molecule has 1 aromatic rings. The molecule has 1 unspecified atom stereocenters. The number of amides is 1. The minimum atomic E-state index is 0.00918. The Bertz CT molecular complexity index is 441. The number of nitrogens with zero attached hydrogens (tertiary/aromatic N) is 1. The van der Waals surface area contributed by atoms with Crippen LogP contribution in [0.3, 0.4) is 0 Å². The van der Waals surface area contributed by atoms with Crippen molar-refractivity contribution in [1.29, 1.82) is 0 Å². The average Bonchev–Trinajstić information content (AvgIpc) is 2.99. The van der Waals surface area contributed by atoms with Gasteiger partial charge in [0.25, 0.3) is 5.91 Å². The van der Waals surface area contributed by atoms with E-state index in [-0.39, 0.29) is 5.91 Å². The average molecular weight is 275 g/mol. The second-order valence-electron chi connectivity index (χ2n) is 5.54. The molecule has 20 heavy (non-hydrogen) atoms. The first-order valence-electron chi connectivity index (χ1n) is 7.52. The highest BCUT2D eigenvalue weighted by Crippen LogP contribution is 2.11. The summed E-state index contributed by atoms with van der Waals surface area (Å²) in [6.07, 6.45) is 3.37. The molecule has 0 aliphatic carbocycles. The Morgan fingerprint density at radius 1 is 1.40 bits per heavy atom. The van der Waals surface area contributed by atoms with Crippen molar-refractivity contribution in [2.45, 2.75) is 32.2 Å². The van der Waals surface area contributed by atoms with Crippen molar-refractivity contribution in [2.75, 3.05) is 26.2 Å². The molecule has 3 N–H and O–H groups in total. The van der Waals surface area contributed by atoms with Gasteiger partial charge in [0, 0.05) is 18.2 Å². The lowest BCUT2D eigenvalue weighted by molar-refractivity contribution is 0.0940. The predicted octanol–water partition coefficient (Wildman–Crippen LogP) is 1.40. The third-order valence-corrected chi connectivity index (χ3v) is 3.94. The van der Waals surface area contributed by atoms with Crippen LogP contribution in [0.5, 0.6) is 0 Å².